The first-order chi connectivity index (χ1) is 15.7. The van der Waals surface area contributed by atoms with Gasteiger partial charge in [0.05, 0.1) is 11.2 Å². The molecule has 0 aliphatic carbocycles. The molecule has 0 amide bonds. The highest BCUT2D eigenvalue weighted by atomic mass is 15.3. The van der Waals surface area contributed by atoms with Gasteiger partial charge in [-0.15, -0.1) is 0 Å². The number of benzene rings is 1. The summed E-state index contributed by atoms with van der Waals surface area (Å²) in [5.74, 6) is 3.05. The maximum atomic E-state index is 5.92. The van der Waals surface area contributed by atoms with Crippen molar-refractivity contribution in [1.82, 2.24) is 15.0 Å². The average Bonchev–Trinajstić information content (AvgIpc) is 2.88. The van der Waals surface area contributed by atoms with Crippen LogP contribution in [-0.2, 0) is 0 Å². The summed E-state index contributed by atoms with van der Waals surface area (Å²) in [6.45, 7) is 5.40. The first kappa shape index (κ1) is 21.1. The zero-order chi connectivity index (χ0) is 21.9. The Balaban J connectivity index is 1.50. The first-order valence-corrected chi connectivity index (χ1v) is 11.9. The molecule has 0 unspecified atom stereocenters. The maximum absolute atomic E-state index is 5.92. The number of hydrogen-bond acceptors (Lipinski definition) is 7. The van der Waals surface area contributed by atoms with Crippen LogP contribution < -0.4 is 21.3 Å². The number of piperidine rings is 2. The summed E-state index contributed by atoms with van der Waals surface area (Å²) < 4.78 is 0. The van der Waals surface area contributed by atoms with E-state index in [4.69, 9.17) is 21.4 Å². The van der Waals surface area contributed by atoms with Gasteiger partial charge in [0.15, 0.2) is 0 Å². The van der Waals surface area contributed by atoms with Crippen LogP contribution in [0.1, 0.15) is 25.7 Å². The lowest BCUT2D eigenvalue weighted by Crippen LogP contribution is -2.37. The third kappa shape index (κ3) is 4.27. The third-order valence-corrected chi connectivity index (χ3v) is 7.10. The van der Waals surface area contributed by atoms with Gasteiger partial charge in [-0.1, -0.05) is 18.2 Å². The number of pyridine rings is 1. The predicted octanol–water partition coefficient (Wildman–Crippen LogP) is 3.04. The molecule has 7 heteroatoms. The van der Waals surface area contributed by atoms with Gasteiger partial charge in [-0.05, 0) is 68.8 Å². The van der Waals surface area contributed by atoms with Gasteiger partial charge in [0.25, 0.3) is 0 Å². The van der Waals surface area contributed by atoms with Crippen LogP contribution in [0.5, 0.6) is 0 Å². The molecule has 2 fully saturated rings. The Morgan fingerprint density at radius 2 is 1.47 bits per heavy atom. The van der Waals surface area contributed by atoms with Gasteiger partial charge in [-0.2, -0.15) is 0 Å². The van der Waals surface area contributed by atoms with Crippen LogP contribution >= 0.6 is 0 Å². The molecule has 32 heavy (non-hydrogen) atoms. The fourth-order valence-electron chi connectivity index (χ4n) is 4.94. The summed E-state index contributed by atoms with van der Waals surface area (Å²) in [5, 5.41) is 1.13. The highest BCUT2D eigenvalue weighted by Gasteiger charge is 2.24. The molecule has 4 N–H and O–H groups in total. The monoisotopic (exact) mass is 431 g/mol. The third-order valence-electron chi connectivity index (χ3n) is 7.10. The van der Waals surface area contributed by atoms with Crippen molar-refractivity contribution in [2.75, 3.05) is 49.1 Å². The number of hydrogen-bond donors (Lipinski definition) is 2. The molecular formula is C25H33N7. The van der Waals surface area contributed by atoms with Crippen LogP contribution in [0.2, 0.25) is 0 Å². The summed E-state index contributed by atoms with van der Waals surface area (Å²) in [6, 6.07) is 12.6. The van der Waals surface area contributed by atoms with Gasteiger partial charge < -0.3 is 21.3 Å². The number of rotatable bonds is 5. The van der Waals surface area contributed by atoms with E-state index >= 15 is 0 Å². The largest absolute Gasteiger partial charge is 0.356 e. The van der Waals surface area contributed by atoms with Gasteiger partial charge >= 0.3 is 0 Å². The van der Waals surface area contributed by atoms with Crippen molar-refractivity contribution < 1.29 is 0 Å². The molecular weight excluding hydrogens is 398 g/mol. The molecule has 1 aromatic carbocycles. The van der Waals surface area contributed by atoms with Crippen LogP contribution in [0.15, 0.2) is 42.6 Å². The normalized spacial score (nSPS) is 18.4. The number of fused-ring (bicyclic) bond motifs is 1. The number of anilines is 2. The Morgan fingerprint density at radius 3 is 2.16 bits per heavy atom. The second-order valence-electron chi connectivity index (χ2n) is 9.13. The predicted molar refractivity (Wildman–Crippen MR) is 131 cm³/mol. The molecule has 0 radical (unpaired) electrons. The molecule has 4 heterocycles. The van der Waals surface area contributed by atoms with Crippen molar-refractivity contribution in [3.05, 3.63) is 42.6 Å². The average molecular weight is 432 g/mol. The lowest BCUT2D eigenvalue weighted by Gasteiger charge is -2.34. The minimum absolute atomic E-state index is 0.609. The van der Waals surface area contributed by atoms with Crippen LogP contribution in [0.25, 0.3) is 22.2 Å². The summed E-state index contributed by atoms with van der Waals surface area (Å²) in [5.41, 5.74) is 14.8. The van der Waals surface area contributed by atoms with E-state index in [1.54, 1.807) is 0 Å². The van der Waals surface area contributed by atoms with E-state index < -0.39 is 0 Å². The highest BCUT2D eigenvalue weighted by Crippen LogP contribution is 2.34. The fourth-order valence-corrected chi connectivity index (χ4v) is 4.94. The Kier molecular flexibility index (Phi) is 6.19. The number of nitrogens with two attached hydrogens (primary N) is 2. The van der Waals surface area contributed by atoms with E-state index in [0.717, 1.165) is 98.9 Å². The van der Waals surface area contributed by atoms with E-state index in [2.05, 4.69) is 39.0 Å². The minimum Gasteiger partial charge on any atom is -0.356 e. The van der Waals surface area contributed by atoms with Crippen LogP contribution in [0.3, 0.4) is 0 Å². The molecule has 168 valence electrons. The number of aromatic nitrogens is 3. The molecule has 5 rings (SSSR count). The quantitative estimate of drug-likeness (QED) is 0.641. The van der Waals surface area contributed by atoms with Gasteiger partial charge in [0.2, 0.25) is 5.95 Å². The minimum atomic E-state index is 0.609. The molecule has 2 saturated heterocycles. The Hall–Kier alpha value is -2.77. The van der Waals surface area contributed by atoms with Crippen molar-refractivity contribution in [3.8, 4) is 11.3 Å². The maximum Gasteiger partial charge on any atom is 0.225 e. The standard InChI is InChI=1S/C25H33N7/c26-16-18-6-11-31(12-7-18)24-21(15-20-3-1-2-4-22(20)29-24)23-5-10-28-25(30-23)32-13-8-19(17-27)9-14-32/h1-5,10,15,18-19H,6-9,11-14,16-17,26-27H2. The van der Waals surface area contributed by atoms with Crippen LogP contribution in [0, 0.1) is 11.8 Å². The number of para-hydroxylation sites is 1. The second kappa shape index (κ2) is 9.38. The summed E-state index contributed by atoms with van der Waals surface area (Å²) in [7, 11) is 0. The Bertz CT molecular complexity index is 1050. The number of nitrogens with zero attached hydrogens (tertiary/aromatic N) is 5. The topological polar surface area (TPSA) is 97.2 Å². The SMILES string of the molecule is NCC1CCN(c2nccc(-c3cc4ccccc4nc3N3CCC(CN)CC3)n2)CC1. The van der Waals surface area contributed by atoms with E-state index in [1.165, 1.54) is 0 Å². The molecule has 0 saturated carbocycles. The Morgan fingerprint density at radius 1 is 0.812 bits per heavy atom. The fraction of sp³-hybridized carbons (Fsp3) is 0.480. The van der Waals surface area contributed by atoms with Crippen LogP contribution in [0.4, 0.5) is 11.8 Å². The van der Waals surface area contributed by atoms with E-state index in [9.17, 15) is 0 Å². The summed E-state index contributed by atoms with van der Waals surface area (Å²) in [6.07, 6.45) is 6.29. The molecule has 0 bridgehead atoms. The lowest BCUT2D eigenvalue weighted by molar-refractivity contribution is 0.411. The first-order valence-electron chi connectivity index (χ1n) is 11.9. The van der Waals surface area contributed by atoms with Crippen molar-refractivity contribution in [2.45, 2.75) is 25.7 Å². The molecule has 2 aliphatic heterocycles. The van der Waals surface area contributed by atoms with Crippen molar-refractivity contribution in [1.29, 1.82) is 0 Å². The van der Waals surface area contributed by atoms with Gasteiger partial charge in [0.1, 0.15) is 5.82 Å². The molecule has 0 spiro atoms. The van der Waals surface area contributed by atoms with Gasteiger partial charge in [-0.25, -0.2) is 15.0 Å². The molecule has 2 aliphatic rings. The molecule has 7 nitrogen and oxygen atoms in total. The molecule has 0 atom stereocenters. The van der Waals surface area contributed by atoms with E-state index in [0.29, 0.717) is 11.8 Å². The summed E-state index contributed by atoms with van der Waals surface area (Å²) >= 11 is 0. The lowest BCUT2D eigenvalue weighted by atomic mass is 9.96. The van der Waals surface area contributed by atoms with Crippen molar-refractivity contribution >= 4 is 22.7 Å². The summed E-state index contributed by atoms with van der Waals surface area (Å²) in [4.78, 5) is 19.4. The molecule has 3 aromatic rings. The highest BCUT2D eigenvalue weighted by molar-refractivity contribution is 5.89. The second-order valence-corrected chi connectivity index (χ2v) is 9.13. The van der Waals surface area contributed by atoms with Crippen LogP contribution in [-0.4, -0.2) is 54.2 Å². The smallest absolute Gasteiger partial charge is 0.225 e. The zero-order valence-corrected chi connectivity index (χ0v) is 18.7. The van der Waals surface area contributed by atoms with E-state index in [-0.39, 0.29) is 0 Å². The molecule has 2 aromatic heterocycles. The van der Waals surface area contributed by atoms with Gasteiger partial charge in [-0.3, -0.25) is 0 Å². The van der Waals surface area contributed by atoms with Crippen molar-refractivity contribution in [2.24, 2.45) is 23.3 Å². The van der Waals surface area contributed by atoms with E-state index in [1.807, 2.05) is 18.3 Å². The Labute approximate surface area is 189 Å². The van der Waals surface area contributed by atoms with Gasteiger partial charge in [0, 0.05) is 43.3 Å². The zero-order valence-electron chi connectivity index (χ0n) is 18.7. The van der Waals surface area contributed by atoms with Crippen molar-refractivity contribution in [3.63, 3.8) is 0 Å².